The second kappa shape index (κ2) is 8.17. The summed E-state index contributed by atoms with van der Waals surface area (Å²) in [4.78, 5) is 11.4. The number of rotatable bonds is 9. The summed E-state index contributed by atoms with van der Waals surface area (Å²) >= 11 is 0. The van der Waals surface area contributed by atoms with Gasteiger partial charge in [-0.1, -0.05) is 20.8 Å². The van der Waals surface area contributed by atoms with Crippen LogP contribution in [0.5, 0.6) is 0 Å². The highest BCUT2D eigenvalue weighted by molar-refractivity contribution is 5.47. The molecular formula is C16H31N5. The summed E-state index contributed by atoms with van der Waals surface area (Å²) in [6.45, 7) is 11.5. The Bertz CT molecular complexity index is 404. The second-order valence-electron chi connectivity index (χ2n) is 6.59. The topological polar surface area (TPSA) is 53.1 Å². The Morgan fingerprint density at radius 3 is 2.24 bits per heavy atom. The number of aromatic nitrogens is 2. The lowest BCUT2D eigenvalue weighted by atomic mass is 9.93. The fourth-order valence-electron chi connectivity index (χ4n) is 2.44. The molecule has 0 radical (unpaired) electrons. The summed E-state index contributed by atoms with van der Waals surface area (Å²) in [7, 11) is 4.21. The van der Waals surface area contributed by atoms with Gasteiger partial charge in [0, 0.05) is 32.1 Å². The van der Waals surface area contributed by atoms with Gasteiger partial charge in [-0.25, -0.2) is 9.97 Å². The summed E-state index contributed by atoms with van der Waals surface area (Å²) in [6.07, 6.45) is 1.97. The molecule has 0 unspecified atom stereocenters. The molecule has 1 rings (SSSR count). The average molecular weight is 293 g/mol. The molecule has 0 atom stereocenters. The highest BCUT2D eigenvalue weighted by atomic mass is 15.1. The highest BCUT2D eigenvalue weighted by Crippen LogP contribution is 2.18. The molecule has 0 fully saturated rings. The maximum Gasteiger partial charge on any atom is 0.133 e. The summed E-state index contributed by atoms with van der Waals surface area (Å²) < 4.78 is 0. The predicted molar refractivity (Wildman–Crippen MR) is 91.0 cm³/mol. The van der Waals surface area contributed by atoms with Crippen molar-refractivity contribution in [1.82, 2.24) is 14.9 Å². The summed E-state index contributed by atoms with van der Waals surface area (Å²) in [6, 6.07) is 1.99. The zero-order valence-electron chi connectivity index (χ0n) is 14.5. The molecule has 120 valence electrons. The first kappa shape index (κ1) is 17.7. The van der Waals surface area contributed by atoms with Crippen LogP contribution in [0.2, 0.25) is 0 Å². The van der Waals surface area contributed by atoms with E-state index in [1.165, 1.54) is 0 Å². The Kier molecular flexibility index (Phi) is 6.89. The van der Waals surface area contributed by atoms with Gasteiger partial charge in [0.1, 0.15) is 17.5 Å². The second-order valence-corrected chi connectivity index (χ2v) is 6.59. The minimum atomic E-state index is 0.192. The molecule has 0 spiro atoms. The fourth-order valence-corrected chi connectivity index (χ4v) is 2.44. The summed E-state index contributed by atoms with van der Waals surface area (Å²) in [5, 5.41) is 6.75. The van der Waals surface area contributed by atoms with Crippen molar-refractivity contribution in [1.29, 1.82) is 0 Å². The van der Waals surface area contributed by atoms with E-state index in [4.69, 9.17) is 0 Å². The molecular weight excluding hydrogens is 262 g/mol. The van der Waals surface area contributed by atoms with Crippen LogP contribution in [0.3, 0.4) is 0 Å². The Balaban J connectivity index is 2.76. The molecule has 0 aliphatic rings. The van der Waals surface area contributed by atoms with E-state index in [0.717, 1.165) is 49.9 Å². The molecule has 1 heterocycles. The van der Waals surface area contributed by atoms with Crippen molar-refractivity contribution in [3.63, 3.8) is 0 Å². The Morgan fingerprint density at radius 1 is 1.10 bits per heavy atom. The van der Waals surface area contributed by atoms with Gasteiger partial charge in [-0.2, -0.15) is 0 Å². The van der Waals surface area contributed by atoms with Crippen molar-refractivity contribution in [2.24, 2.45) is 5.41 Å². The van der Waals surface area contributed by atoms with Crippen LogP contribution in [-0.2, 0) is 6.42 Å². The Labute approximate surface area is 129 Å². The molecule has 0 aliphatic heterocycles. The van der Waals surface area contributed by atoms with E-state index in [2.05, 4.69) is 67.3 Å². The third-order valence-corrected chi connectivity index (χ3v) is 3.10. The van der Waals surface area contributed by atoms with Crippen LogP contribution in [0.4, 0.5) is 11.6 Å². The normalized spacial score (nSPS) is 11.8. The molecule has 0 saturated heterocycles. The van der Waals surface area contributed by atoms with E-state index in [-0.39, 0.29) is 5.41 Å². The van der Waals surface area contributed by atoms with Crippen LogP contribution < -0.4 is 10.6 Å². The lowest BCUT2D eigenvalue weighted by Gasteiger charge is -2.28. The van der Waals surface area contributed by atoms with Crippen molar-refractivity contribution < 1.29 is 0 Å². The number of nitrogens with zero attached hydrogens (tertiary/aromatic N) is 3. The van der Waals surface area contributed by atoms with Gasteiger partial charge in [0.25, 0.3) is 0 Å². The first-order valence-corrected chi connectivity index (χ1v) is 7.86. The van der Waals surface area contributed by atoms with Gasteiger partial charge in [-0.3, -0.25) is 0 Å². The van der Waals surface area contributed by atoms with Gasteiger partial charge in [0.2, 0.25) is 0 Å². The van der Waals surface area contributed by atoms with Gasteiger partial charge in [-0.15, -0.1) is 0 Å². The minimum Gasteiger partial charge on any atom is -0.370 e. The molecule has 0 amide bonds. The van der Waals surface area contributed by atoms with Gasteiger partial charge < -0.3 is 15.5 Å². The zero-order valence-corrected chi connectivity index (χ0v) is 14.5. The van der Waals surface area contributed by atoms with Gasteiger partial charge in [0.05, 0.1) is 0 Å². The Hall–Kier alpha value is -1.36. The van der Waals surface area contributed by atoms with Crippen molar-refractivity contribution in [2.45, 2.75) is 40.5 Å². The maximum atomic E-state index is 4.61. The molecule has 1 aromatic heterocycles. The van der Waals surface area contributed by atoms with E-state index in [9.17, 15) is 0 Å². The lowest BCUT2D eigenvalue weighted by Crippen LogP contribution is -2.34. The summed E-state index contributed by atoms with van der Waals surface area (Å²) in [5.41, 5.74) is 0.192. The van der Waals surface area contributed by atoms with E-state index in [1.54, 1.807) is 0 Å². The fraction of sp³-hybridized carbons (Fsp3) is 0.750. The van der Waals surface area contributed by atoms with Crippen LogP contribution in [0.25, 0.3) is 0 Å². The van der Waals surface area contributed by atoms with Crippen molar-refractivity contribution >= 4 is 11.6 Å². The molecule has 1 aromatic rings. The zero-order chi connectivity index (χ0) is 15.9. The van der Waals surface area contributed by atoms with Crippen LogP contribution in [0.1, 0.15) is 39.9 Å². The molecule has 0 aromatic carbocycles. The van der Waals surface area contributed by atoms with Crippen LogP contribution in [-0.4, -0.2) is 48.6 Å². The van der Waals surface area contributed by atoms with E-state index in [1.807, 2.05) is 6.07 Å². The molecule has 2 N–H and O–H groups in total. The van der Waals surface area contributed by atoms with Crippen LogP contribution in [0, 0.1) is 5.41 Å². The molecule has 0 bridgehead atoms. The van der Waals surface area contributed by atoms with Crippen molar-refractivity contribution in [3.05, 3.63) is 11.9 Å². The van der Waals surface area contributed by atoms with Gasteiger partial charge >= 0.3 is 0 Å². The summed E-state index contributed by atoms with van der Waals surface area (Å²) in [5.74, 6) is 2.73. The quantitative estimate of drug-likeness (QED) is 0.733. The third kappa shape index (κ3) is 6.76. The Morgan fingerprint density at radius 2 is 1.71 bits per heavy atom. The number of anilines is 2. The number of hydrogen-bond acceptors (Lipinski definition) is 5. The monoisotopic (exact) mass is 293 g/mol. The first-order valence-electron chi connectivity index (χ1n) is 7.86. The predicted octanol–water partition coefficient (Wildman–Crippen LogP) is 2.86. The molecule has 0 aliphatic carbocycles. The van der Waals surface area contributed by atoms with Crippen molar-refractivity contribution in [3.8, 4) is 0 Å². The molecule has 5 nitrogen and oxygen atoms in total. The number of nitrogens with one attached hydrogen (secondary N) is 2. The number of hydrogen-bond donors (Lipinski definition) is 2. The van der Waals surface area contributed by atoms with Gasteiger partial charge in [0.15, 0.2) is 0 Å². The minimum absolute atomic E-state index is 0.192. The SMILES string of the molecule is CCCc1nc(NCC)cc(NCC(C)(C)CN(C)C)n1. The molecule has 21 heavy (non-hydrogen) atoms. The first-order chi connectivity index (χ1) is 9.86. The highest BCUT2D eigenvalue weighted by Gasteiger charge is 2.19. The third-order valence-electron chi connectivity index (χ3n) is 3.10. The molecule has 0 saturated carbocycles. The van der Waals surface area contributed by atoms with E-state index >= 15 is 0 Å². The van der Waals surface area contributed by atoms with Crippen LogP contribution in [0.15, 0.2) is 6.07 Å². The lowest BCUT2D eigenvalue weighted by molar-refractivity contribution is 0.254. The van der Waals surface area contributed by atoms with E-state index < -0.39 is 0 Å². The molecule has 5 heteroatoms. The maximum absolute atomic E-state index is 4.61. The van der Waals surface area contributed by atoms with Gasteiger partial charge in [-0.05, 0) is 32.9 Å². The van der Waals surface area contributed by atoms with Crippen molar-refractivity contribution in [2.75, 3.05) is 44.4 Å². The smallest absolute Gasteiger partial charge is 0.133 e. The average Bonchev–Trinajstić information content (AvgIpc) is 2.36. The standard InChI is InChI=1S/C16H31N5/c1-7-9-13-19-14(17-8-2)10-15(20-13)18-11-16(3,4)12-21(5)6/h10H,7-9,11-12H2,1-6H3,(H2,17,18,19,20). The number of aryl methyl sites for hydroxylation is 1. The largest absolute Gasteiger partial charge is 0.370 e. The van der Waals surface area contributed by atoms with Crippen LogP contribution >= 0.6 is 0 Å². The van der Waals surface area contributed by atoms with E-state index in [0.29, 0.717) is 0 Å².